The Hall–Kier alpha value is -8.25. The number of para-hydroxylation sites is 7. The van der Waals surface area contributed by atoms with Gasteiger partial charge in [0.25, 0.3) is 11.8 Å². The topological polar surface area (TPSA) is 198 Å². The number of fused-ring (bicyclic) bond motifs is 5. The van der Waals surface area contributed by atoms with Gasteiger partial charge in [-0.05, 0) is 117 Å². The first-order chi connectivity index (χ1) is 35.8. The van der Waals surface area contributed by atoms with Crippen LogP contribution in [-0.4, -0.2) is 97.6 Å². The molecule has 2 amide bonds. The molecule has 9 aromatic rings. The fourth-order valence-corrected chi connectivity index (χ4v) is 8.48. The van der Waals surface area contributed by atoms with Gasteiger partial charge < -0.3 is 45.3 Å². The second-order valence-corrected chi connectivity index (χ2v) is 16.9. The van der Waals surface area contributed by atoms with Crippen LogP contribution in [0.4, 0.5) is 11.4 Å². The number of methoxy groups -OCH3 is 2. The van der Waals surface area contributed by atoms with Gasteiger partial charge in [0, 0.05) is 57.1 Å². The number of benzene rings is 6. The normalized spacial score (nSPS) is 11.7. The number of carbonyl (C=O) groups excluding carboxylic acids is 2. The Balaban J connectivity index is 0.000000168. The highest BCUT2D eigenvalue weighted by Gasteiger charge is 2.34. The van der Waals surface area contributed by atoms with Crippen LogP contribution in [0.15, 0.2) is 164 Å². The number of carbonyl (C=O) groups is 2. The van der Waals surface area contributed by atoms with Crippen molar-refractivity contribution in [2.75, 3.05) is 46.2 Å². The van der Waals surface area contributed by atoms with Crippen LogP contribution >= 0.6 is 12.2 Å². The van der Waals surface area contributed by atoms with Crippen molar-refractivity contribution < 1.29 is 19.1 Å². The molecule has 0 atom stereocenters. The first kappa shape index (κ1) is 55.1. The SMILES string of the molecule is C.C1=Nc2ccccc2C1.CN.COc1ccc(NC(=S)NCCCn2cnc3ccccc32)cc1OC.NCCCn1cnc2ccccc21.O=C1c2ccccc2C(=O)N1CCCn1cnc2ccccc21. The quantitative estimate of drug-likeness (QED) is 0.0458. The lowest BCUT2D eigenvalue weighted by atomic mass is 10.1. The Labute approximate surface area is 438 Å². The van der Waals surface area contributed by atoms with Crippen LogP contribution in [-0.2, 0) is 26.1 Å². The predicted molar refractivity (Wildman–Crippen MR) is 303 cm³/mol. The van der Waals surface area contributed by atoms with Crippen molar-refractivity contribution in [2.24, 2.45) is 16.5 Å². The molecule has 0 radical (unpaired) electrons. The monoisotopic (exact) mass is 1010 g/mol. The minimum atomic E-state index is -0.193. The number of imidazole rings is 3. The molecule has 3 aromatic heterocycles. The van der Waals surface area contributed by atoms with Crippen molar-refractivity contribution in [3.8, 4) is 11.5 Å². The van der Waals surface area contributed by atoms with Gasteiger partial charge in [-0.3, -0.25) is 19.5 Å². The molecule has 0 spiro atoms. The maximum absolute atomic E-state index is 12.3. The van der Waals surface area contributed by atoms with E-state index in [4.69, 9.17) is 27.4 Å². The van der Waals surface area contributed by atoms with Gasteiger partial charge in [-0.2, -0.15) is 0 Å². The van der Waals surface area contributed by atoms with Crippen molar-refractivity contribution in [1.82, 2.24) is 38.9 Å². The summed E-state index contributed by atoms with van der Waals surface area (Å²) in [7, 11) is 4.72. The number of ether oxygens (including phenoxy) is 2. The lowest BCUT2D eigenvalue weighted by Crippen LogP contribution is -2.31. The summed E-state index contributed by atoms with van der Waals surface area (Å²) in [5.41, 5.74) is 20.7. The van der Waals surface area contributed by atoms with E-state index in [-0.39, 0.29) is 19.2 Å². The predicted octanol–water partition coefficient (Wildman–Crippen LogP) is 9.69. The van der Waals surface area contributed by atoms with Crippen molar-refractivity contribution in [3.63, 3.8) is 0 Å². The van der Waals surface area contributed by atoms with Gasteiger partial charge in [0.2, 0.25) is 0 Å². The van der Waals surface area contributed by atoms with E-state index in [1.807, 2.05) is 120 Å². The van der Waals surface area contributed by atoms with E-state index >= 15 is 0 Å². The average Bonchev–Trinajstić information content (AvgIpc) is 4.30. The van der Waals surface area contributed by atoms with Gasteiger partial charge in [-0.1, -0.05) is 74.2 Å². The van der Waals surface area contributed by atoms with Crippen molar-refractivity contribution in [3.05, 3.63) is 175 Å². The van der Waals surface area contributed by atoms with Crippen LogP contribution in [0.5, 0.6) is 11.5 Å². The van der Waals surface area contributed by atoms with E-state index < -0.39 is 0 Å². The van der Waals surface area contributed by atoms with Gasteiger partial charge in [-0.15, -0.1) is 0 Å². The summed E-state index contributed by atoms with van der Waals surface area (Å²) < 4.78 is 16.9. The summed E-state index contributed by atoms with van der Waals surface area (Å²) >= 11 is 5.35. The van der Waals surface area contributed by atoms with Gasteiger partial charge >= 0.3 is 0 Å². The zero-order valence-electron chi connectivity index (χ0n) is 41.4. The van der Waals surface area contributed by atoms with E-state index in [1.165, 1.54) is 23.0 Å². The first-order valence-electron chi connectivity index (χ1n) is 24.1. The summed E-state index contributed by atoms with van der Waals surface area (Å²) in [5.74, 6) is 0.957. The molecule has 2 aliphatic heterocycles. The second kappa shape index (κ2) is 28.1. The van der Waals surface area contributed by atoms with Crippen LogP contribution in [0.2, 0.25) is 0 Å². The number of hydrogen-bond donors (Lipinski definition) is 4. The van der Waals surface area contributed by atoms with Crippen molar-refractivity contribution in [1.29, 1.82) is 0 Å². The van der Waals surface area contributed by atoms with Crippen LogP contribution in [0, 0.1) is 0 Å². The molecule has 74 heavy (non-hydrogen) atoms. The van der Waals surface area contributed by atoms with E-state index in [9.17, 15) is 9.59 Å². The maximum Gasteiger partial charge on any atom is 0.261 e. The largest absolute Gasteiger partial charge is 0.493 e. The number of aliphatic imine (C=N–C) groups is 1. The molecule has 2 aliphatic rings. The number of amides is 2. The Kier molecular flexibility index (Phi) is 20.9. The van der Waals surface area contributed by atoms with Gasteiger partial charge in [0.1, 0.15) is 0 Å². The number of nitrogens with two attached hydrogens (primary N) is 2. The smallest absolute Gasteiger partial charge is 0.261 e. The van der Waals surface area contributed by atoms with E-state index in [0.29, 0.717) is 47.2 Å². The summed E-state index contributed by atoms with van der Waals surface area (Å²) in [5, 5.41) is 6.96. The molecule has 384 valence electrons. The average molecular weight is 1020 g/mol. The minimum Gasteiger partial charge on any atom is -0.493 e. The van der Waals surface area contributed by atoms with Crippen LogP contribution in [0.1, 0.15) is 53.0 Å². The molecule has 6 aromatic carbocycles. The maximum atomic E-state index is 12.3. The highest BCUT2D eigenvalue weighted by molar-refractivity contribution is 7.80. The standard InChI is InChI=1S/C19H22N4O2S.C18H15N3O2.C10H13N3.C8H7N.CH5N.CH4/c1-24-17-9-8-14(12-18(17)25-2)22-19(26)20-10-5-11-23-13-21-15-6-3-4-7-16(15)23;22-17-13-6-1-2-7-14(13)18(23)21(17)11-5-10-20-12-19-15-8-3-4-9-16(15)20;11-6-3-7-13-8-12-9-4-1-2-5-10(9)13;1-2-4-8-7(3-1)5-6-9-8;1-2;/h3-4,6-9,12-13H,5,10-11H2,1-2H3,(H2,20,22,26);1-4,6-9,12H,5,10-11H2;1-2,4-5,8H,3,6-7,11H2;1-4,6H,5H2;2H2,1H3;1H4. The van der Waals surface area contributed by atoms with Crippen molar-refractivity contribution in [2.45, 2.75) is 52.7 Å². The molecule has 0 aliphatic carbocycles. The number of nitrogens with zero attached hydrogens (tertiary/aromatic N) is 8. The number of aryl methyl sites for hydroxylation is 3. The summed E-state index contributed by atoms with van der Waals surface area (Å²) in [6.45, 7) is 4.47. The number of aromatic nitrogens is 6. The Morgan fingerprint density at radius 2 is 1.09 bits per heavy atom. The van der Waals surface area contributed by atoms with E-state index in [2.05, 4.69) is 63.6 Å². The number of rotatable bonds is 14. The number of hydrogen-bond acceptors (Lipinski definition) is 11. The molecule has 17 heteroatoms. The lowest BCUT2D eigenvalue weighted by Gasteiger charge is -2.14. The molecule has 11 rings (SSSR count). The number of nitrogens with one attached hydrogen (secondary N) is 2. The third-order valence-corrected chi connectivity index (χ3v) is 12.1. The zero-order valence-corrected chi connectivity index (χ0v) is 42.2. The highest BCUT2D eigenvalue weighted by Crippen LogP contribution is 2.30. The lowest BCUT2D eigenvalue weighted by molar-refractivity contribution is 0.0651. The van der Waals surface area contributed by atoms with E-state index in [1.54, 1.807) is 44.8 Å². The third-order valence-electron chi connectivity index (χ3n) is 11.9. The Morgan fingerprint density at radius 1 is 0.608 bits per heavy atom. The van der Waals surface area contributed by atoms with Crippen molar-refractivity contribution >= 4 is 79.8 Å². The van der Waals surface area contributed by atoms with E-state index in [0.717, 1.165) is 84.4 Å². The summed E-state index contributed by atoms with van der Waals surface area (Å²) in [6, 6.07) is 45.0. The number of anilines is 1. The summed E-state index contributed by atoms with van der Waals surface area (Å²) in [4.78, 5) is 43.1. The number of thiocarbonyl (C=S) groups is 1. The number of imide groups is 1. The summed E-state index contributed by atoms with van der Waals surface area (Å²) in [6.07, 6.45) is 11.2. The molecule has 6 N–H and O–H groups in total. The van der Waals surface area contributed by atoms with Crippen LogP contribution < -0.4 is 31.6 Å². The first-order valence-corrected chi connectivity index (χ1v) is 24.6. The third kappa shape index (κ3) is 14.0. The minimum absolute atomic E-state index is 0. The van der Waals surface area contributed by atoms with Crippen LogP contribution in [0.25, 0.3) is 33.1 Å². The van der Waals surface area contributed by atoms with Gasteiger partial charge in [0.15, 0.2) is 16.6 Å². The molecular formula is C57H66N12O4S. The molecular weight excluding hydrogens is 949 g/mol. The van der Waals surface area contributed by atoms with Gasteiger partial charge in [-0.25, -0.2) is 15.0 Å². The van der Waals surface area contributed by atoms with Gasteiger partial charge in [0.05, 0.1) is 83.1 Å². The fraction of sp³-hybridized carbons (Fsp3) is 0.246. The Morgan fingerprint density at radius 3 is 1.62 bits per heavy atom. The molecule has 0 bridgehead atoms. The molecule has 0 unspecified atom stereocenters. The molecule has 0 saturated heterocycles. The molecule has 0 fully saturated rings. The Bertz CT molecular complexity index is 3240. The molecule has 0 saturated carbocycles. The highest BCUT2D eigenvalue weighted by atomic mass is 32.1. The van der Waals surface area contributed by atoms with Crippen LogP contribution in [0.3, 0.4) is 0 Å². The zero-order chi connectivity index (χ0) is 51.4. The second-order valence-electron chi connectivity index (χ2n) is 16.5. The molecule has 16 nitrogen and oxygen atoms in total. The fourth-order valence-electron chi connectivity index (χ4n) is 8.26. The molecule has 5 heterocycles.